The fourth-order valence-electron chi connectivity index (χ4n) is 2.21. The van der Waals surface area contributed by atoms with Crippen LogP contribution in [0.5, 0.6) is 0 Å². The first-order valence-corrected chi connectivity index (χ1v) is 7.94. The minimum absolute atomic E-state index is 0.537. The lowest BCUT2D eigenvalue weighted by atomic mass is 10.1. The molecule has 1 N–H and O–H groups in total. The molecule has 0 unspecified atom stereocenters. The zero-order valence-corrected chi connectivity index (χ0v) is 14.4. The molecule has 0 saturated heterocycles. The maximum Gasteiger partial charge on any atom is 0.139 e. The van der Waals surface area contributed by atoms with Gasteiger partial charge in [0.1, 0.15) is 5.82 Å². The molecule has 1 aromatic heterocycles. The van der Waals surface area contributed by atoms with Gasteiger partial charge in [0.2, 0.25) is 0 Å². The van der Waals surface area contributed by atoms with E-state index in [-0.39, 0.29) is 0 Å². The highest BCUT2D eigenvalue weighted by molar-refractivity contribution is 6.37. The van der Waals surface area contributed by atoms with E-state index in [0.29, 0.717) is 25.9 Å². The number of rotatable bonds is 2. The zero-order chi connectivity index (χ0) is 15.9. The molecule has 6 heteroatoms. The monoisotopic (exact) mass is 370 g/mol. The number of hydrogen-bond donors (Lipinski definition) is 1. The average molecular weight is 372 g/mol. The highest BCUT2D eigenvalue weighted by Crippen LogP contribution is 2.34. The number of aromatic amines is 1. The summed E-state index contributed by atoms with van der Waals surface area (Å²) < 4.78 is 0. The fourth-order valence-corrected chi connectivity index (χ4v) is 3.21. The van der Waals surface area contributed by atoms with Crippen molar-refractivity contribution in [3.8, 4) is 22.6 Å². The quantitative estimate of drug-likeness (QED) is 0.535. The zero-order valence-electron chi connectivity index (χ0n) is 11.4. The van der Waals surface area contributed by atoms with Gasteiger partial charge < -0.3 is 4.98 Å². The Morgan fingerprint density at radius 2 is 1.36 bits per heavy atom. The van der Waals surface area contributed by atoms with Crippen LogP contribution < -0.4 is 0 Å². The maximum atomic E-state index is 6.26. The molecular formula is C16H10Cl4N2. The number of imidazole rings is 1. The highest BCUT2D eigenvalue weighted by Gasteiger charge is 2.15. The number of benzene rings is 2. The van der Waals surface area contributed by atoms with E-state index >= 15 is 0 Å². The van der Waals surface area contributed by atoms with Crippen molar-refractivity contribution in [3.05, 3.63) is 62.2 Å². The summed E-state index contributed by atoms with van der Waals surface area (Å²) in [5.41, 5.74) is 3.26. The number of nitrogens with zero attached hydrogens (tertiary/aromatic N) is 1. The standard InChI is InChI=1S/C16H10Cl4N2/c1-8-15(11-4-2-9(17)6-13(11)19)22-16(21-8)12-5-3-10(18)7-14(12)20/h2-7H,1H3,(H,21,22). The molecule has 0 radical (unpaired) electrons. The third kappa shape index (κ3) is 2.97. The molecule has 2 aromatic carbocycles. The number of nitrogens with one attached hydrogen (secondary N) is 1. The third-order valence-corrected chi connectivity index (χ3v) is 4.35. The number of halogens is 4. The molecule has 2 nitrogen and oxygen atoms in total. The molecule has 0 aliphatic rings. The van der Waals surface area contributed by atoms with Gasteiger partial charge in [-0.15, -0.1) is 0 Å². The third-order valence-electron chi connectivity index (χ3n) is 3.26. The summed E-state index contributed by atoms with van der Waals surface area (Å²) >= 11 is 24.4. The van der Waals surface area contributed by atoms with Crippen molar-refractivity contribution in [2.45, 2.75) is 6.92 Å². The summed E-state index contributed by atoms with van der Waals surface area (Å²) in [6, 6.07) is 10.6. The second-order valence-electron chi connectivity index (χ2n) is 4.81. The second kappa shape index (κ2) is 6.13. The van der Waals surface area contributed by atoms with Gasteiger partial charge >= 0.3 is 0 Å². The predicted molar refractivity (Wildman–Crippen MR) is 94.2 cm³/mol. The average Bonchev–Trinajstić information content (AvgIpc) is 2.80. The van der Waals surface area contributed by atoms with Crippen molar-refractivity contribution in [3.63, 3.8) is 0 Å². The van der Waals surface area contributed by atoms with Gasteiger partial charge in [0.15, 0.2) is 0 Å². The van der Waals surface area contributed by atoms with Crippen molar-refractivity contribution >= 4 is 46.4 Å². The van der Waals surface area contributed by atoms with Gasteiger partial charge in [-0.2, -0.15) is 0 Å². The van der Waals surface area contributed by atoms with E-state index in [1.165, 1.54) is 0 Å². The van der Waals surface area contributed by atoms with E-state index in [9.17, 15) is 0 Å². The number of H-pyrrole nitrogens is 1. The molecule has 22 heavy (non-hydrogen) atoms. The Balaban J connectivity index is 2.11. The van der Waals surface area contributed by atoms with Crippen LogP contribution in [-0.4, -0.2) is 9.97 Å². The van der Waals surface area contributed by atoms with Gasteiger partial charge in [0.05, 0.1) is 15.7 Å². The van der Waals surface area contributed by atoms with Crippen molar-refractivity contribution in [1.29, 1.82) is 0 Å². The van der Waals surface area contributed by atoms with Crippen LogP contribution in [0.15, 0.2) is 36.4 Å². The minimum atomic E-state index is 0.537. The lowest BCUT2D eigenvalue weighted by Gasteiger charge is -2.02. The largest absolute Gasteiger partial charge is 0.341 e. The van der Waals surface area contributed by atoms with E-state index in [4.69, 9.17) is 46.4 Å². The summed E-state index contributed by atoms with van der Waals surface area (Å²) in [5.74, 6) is 0.667. The van der Waals surface area contributed by atoms with Gasteiger partial charge in [-0.25, -0.2) is 4.98 Å². The molecule has 0 fully saturated rings. The minimum Gasteiger partial charge on any atom is -0.341 e. The van der Waals surface area contributed by atoms with Crippen LogP contribution in [0, 0.1) is 6.92 Å². The van der Waals surface area contributed by atoms with Gasteiger partial charge in [0.25, 0.3) is 0 Å². The molecule has 0 amide bonds. The van der Waals surface area contributed by atoms with E-state index < -0.39 is 0 Å². The van der Waals surface area contributed by atoms with Crippen LogP contribution in [0.4, 0.5) is 0 Å². The van der Waals surface area contributed by atoms with Crippen LogP contribution in [-0.2, 0) is 0 Å². The first kappa shape index (κ1) is 15.7. The Kier molecular flexibility index (Phi) is 4.37. The van der Waals surface area contributed by atoms with Crippen molar-refractivity contribution < 1.29 is 0 Å². The van der Waals surface area contributed by atoms with Crippen molar-refractivity contribution in [1.82, 2.24) is 9.97 Å². The molecule has 1 heterocycles. The summed E-state index contributed by atoms with van der Waals surface area (Å²) in [4.78, 5) is 7.85. The molecule has 0 spiro atoms. The van der Waals surface area contributed by atoms with Crippen LogP contribution >= 0.6 is 46.4 Å². The Labute approximate surface area is 148 Å². The Bertz CT molecular complexity index is 855. The number of aromatic nitrogens is 2. The molecule has 0 bridgehead atoms. The van der Waals surface area contributed by atoms with Crippen LogP contribution in [0.25, 0.3) is 22.6 Å². The molecule has 0 atom stereocenters. The maximum absolute atomic E-state index is 6.26. The summed E-state index contributed by atoms with van der Waals surface area (Å²) in [6.45, 7) is 1.93. The predicted octanol–water partition coefficient (Wildman–Crippen LogP) is 6.67. The van der Waals surface area contributed by atoms with Gasteiger partial charge in [0, 0.05) is 26.9 Å². The fraction of sp³-hybridized carbons (Fsp3) is 0.0625. The topological polar surface area (TPSA) is 28.7 Å². The van der Waals surface area contributed by atoms with Crippen molar-refractivity contribution in [2.24, 2.45) is 0 Å². The van der Waals surface area contributed by atoms with E-state index in [1.54, 1.807) is 24.3 Å². The molecule has 3 rings (SSSR count). The SMILES string of the molecule is Cc1[nH]c(-c2ccc(Cl)cc2Cl)nc1-c1ccc(Cl)cc1Cl. The molecular weight excluding hydrogens is 362 g/mol. The van der Waals surface area contributed by atoms with Crippen LogP contribution in [0.1, 0.15) is 5.69 Å². The van der Waals surface area contributed by atoms with Crippen LogP contribution in [0.3, 0.4) is 0 Å². The summed E-state index contributed by atoms with van der Waals surface area (Å²) in [5, 5.41) is 2.26. The first-order valence-electron chi connectivity index (χ1n) is 6.43. The smallest absolute Gasteiger partial charge is 0.139 e. The second-order valence-corrected chi connectivity index (χ2v) is 6.49. The van der Waals surface area contributed by atoms with Gasteiger partial charge in [-0.05, 0) is 43.3 Å². The van der Waals surface area contributed by atoms with Gasteiger partial charge in [-0.3, -0.25) is 0 Å². The van der Waals surface area contributed by atoms with E-state index in [1.807, 2.05) is 19.1 Å². The van der Waals surface area contributed by atoms with Gasteiger partial charge in [-0.1, -0.05) is 46.4 Å². The Hall–Kier alpha value is -1.19. The summed E-state index contributed by atoms with van der Waals surface area (Å²) in [7, 11) is 0. The van der Waals surface area contributed by atoms with E-state index in [0.717, 1.165) is 22.5 Å². The van der Waals surface area contributed by atoms with Crippen molar-refractivity contribution in [2.75, 3.05) is 0 Å². The molecule has 0 aliphatic heterocycles. The molecule has 112 valence electrons. The van der Waals surface area contributed by atoms with E-state index in [2.05, 4.69) is 9.97 Å². The Morgan fingerprint density at radius 3 is 1.91 bits per heavy atom. The molecule has 0 saturated carbocycles. The number of aryl methyl sites for hydroxylation is 1. The highest BCUT2D eigenvalue weighted by atomic mass is 35.5. The normalized spacial score (nSPS) is 11.0. The lowest BCUT2D eigenvalue weighted by molar-refractivity contribution is 1.26. The molecule has 3 aromatic rings. The molecule has 0 aliphatic carbocycles. The first-order chi connectivity index (χ1) is 10.5. The van der Waals surface area contributed by atoms with Crippen LogP contribution in [0.2, 0.25) is 20.1 Å². The number of hydrogen-bond acceptors (Lipinski definition) is 1. The lowest BCUT2D eigenvalue weighted by Crippen LogP contribution is -1.84. The summed E-state index contributed by atoms with van der Waals surface area (Å²) in [6.07, 6.45) is 0. The Morgan fingerprint density at radius 1 is 0.818 bits per heavy atom.